The molecule has 0 aliphatic heterocycles. The summed E-state index contributed by atoms with van der Waals surface area (Å²) in [5.74, 6) is 1.27. The van der Waals surface area contributed by atoms with Crippen LogP contribution in [0, 0.1) is 0 Å². The van der Waals surface area contributed by atoms with Gasteiger partial charge in [0.05, 0.1) is 26.5 Å². The average Bonchev–Trinajstić information content (AvgIpc) is 2.56. The zero-order chi connectivity index (χ0) is 16.1. The van der Waals surface area contributed by atoms with Gasteiger partial charge in [0.25, 0.3) is 5.56 Å². The van der Waals surface area contributed by atoms with Crippen molar-refractivity contribution in [1.29, 1.82) is 0 Å². The number of methoxy groups -OCH3 is 2. The molecule has 0 radical (unpaired) electrons. The Balaban J connectivity index is 2.71. The number of nitrogens with two attached hydrogens (primary N) is 1. The number of rotatable bonds is 6. The summed E-state index contributed by atoms with van der Waals surface area (Å²) in [5, 5.41) is 9.26. The maximum absolute atomic E-state index is 12.4. The normalized spacial score (nSPS) is 10.5. The van der Waals surface area contributed by atoms with Gasteiger partial charge in [-0.2, -0.15) is 0 Å². The van der Waals surface area contributed by atoms with E-state index in [4.69, 9.17) is 15.2 Å². The summed E-state index contributed by atoms with van der Waals surface area (Å²) >= 11 is 0. The molecule has 0 saturated heterocycles. The minimum atomic E-state index is -0.209. The highest BCUT2D eigenvalue weighted by molar-refractivity contribution is 5.69. The van der Waals surface area contributed by atoms with Crippen LogP contribution in [0.25, 0.3) is 11.3 Å². The number of aliphatic hydroxyl groups is 1. The molecule has 22 heavy (non-hydrogen) atoms. The van der Waals surface area contributed by atoms with Crippen LogP contribution in [0.2, 0.25) is 0 Å². The number of hydrogen-bond donors (Lipinski definition) is 2. The lowest BCUT2D eigenvalue weighted by Gasteiger charge is -2.16. The Kier molecular flexibility index (Phi) is 5.19. The number of aromatic nitrogens is 1. The van der Waals surface area contributed by atoms with E-state index in [0.717, 1.165) is 5.56 Å². The molecule has 0 aliphatic rings. The van der Waals surface area contributed by atoms with Crippen molar-refractivity contribution in [3.8, 4) is 22.8 Å². The van der Waals surface area contributed by atoms with Crippen molar-refractivity contribution in [3.63, 3.8) is 0 Å². The van der Waals surface area contributed by atoms with Gasteiger partial charge in [0, 0.05) is 24.2 Å². The van der Waals surface area contributed by atoms with Crippen LogP contribution in [0.1, 0.15) is 5.56 Å². The zero-order valence-electron chi connectivity index (χ0n) is 12.7. The molecule has 0 amide bonds. The Morgan fingerprint density at radius 2 is 1.95 bits per heavy atom. The summed E-state index contributed by atoms with van der Waals surface area (Å²) in [6, 6.07) is 8.86. The summed E-state index contributed by atoms with van der Waals surface area (Å²) in [7, 11) is 3.14. The van der Waals surface area contributed by atoms with Crippen molar-refractivity contribution >= 4 is 0 Å². The molecule has 118 valence electrons. The summed E-state index contributed by atoms with van der Waals surface area (Å²) in [6.45, 7) is 0.190. The fourth-order valence-corrected chi connectivity index (χ4v) is 2.35. The molecule has 6 nitrogen and oxygen atoms in total. The smallest absolute Gasteiger partial charge is 0.255 e. The first-order chi connectivity index (χ1) is 10.7. The third-order valence-electron chi connectivity index (χ3n) is 3.48. The molecule has 0 aliphatic carbocycles. The largest absolute Gasteiger partial charge is 0.497 e. The first-order valence-electron chi connectivity index (χ1n) is 6.92. The predicted octanol–water partition coefficient (Wildman–Crippen LogP) is 0.983. The van der Waals surface area contributed by atoms with E-state index in [1.807, 2.05) is 0 Å². The van der Waals surface area contributed by atoms with Gasteiger partial charge >= 0.3 is 0 Å². The Bertz CT molecular complexity index is 710. The molecule has 0 saturated carbocycles. The minimum Gasteiger partial charge on any atom is -0.497 e. The number of nitrogens with zero attached hydrogens (tertiary/aromatic N) is 1. The highest BCUT2D eigenvalue weighted by Gasteiger charge is 2.14. The van der Waals surface area contributed by atoms with Crippen molar-refractivity contribution in [2.45, 2.75) is 13.1 Å². The highest BCUT2D eigenvalue weighted by Crippen LogP contribution is 2.32. The number of benzene rings is 1. The SMILES string of the molecule is COc1ccc(OC)c(-c2ccc(CN)c(=O)n2CCO)c1. The second-order valence-electron chi connectivity index (χ2n) is 4.69. The Labute approximate surface area is 128 Å². The van der Waals surface area contributed by atoms with E-state index in [-0.39, 0.29) is 25.3 Å². The molecule has 0 spiro atoms. The molecule has 1 heterocycles. The summed E-state index contributed by atoms with van der Waals surface area (Å²) in [5.41, 5.74) is 7.24. The molecular weight excluding hydrogens is 284 g/mol. The van der Waals surface area contributed by atoms with Crippen molar-refractivity contribution in [2.24, 2.45) is 5.73 Å². The maximum Gasteiger partial charge on any atom is 0.255 e. The quantitative estimate of drug-likeness (QED) is 0.831. The number of aliphatic hydroxyl groups excluding tert-OH is 1. The monoisotopic (exact) mass is 304 g/mol. The topological polar surface area (TPSA) is 86.7 Å². The first kappa shape index (κ1) is 16.1. The number of ether oxygens (including phenoxy) is 2. The number of pyridine rings is 1. The van der Waals surface area contributed by atoms with Crippen LogP contribution >= 0.6 is 0 Å². The van der Waals surface area contributed by atoms with Gasteiger partial charge in [-0.3, -0.25) is 4.79 Å². The molecule has 6 heteroatoms. The lowest BCUT2D eigenvalue weighted by Crippen LogP contribution is -2.27. The molecule has 0 atom stereocenters. The minimum absolute atomic E-state index is 0.146. The van der Waals surface area contributed by atoms with Gasteiger partial charge in [0.1, 0.15) is 11.5 Å². The lowest BCUT2D eigenvalue weighted by molar-refractivity contribution is 0.274. The second-order valence-corrected chi connectivity index (χ2v) is 4.69. The van der Waals surface area contributed by atoms with E-state index in [1.165, 1.54) is 4.57 Å². The molecule has 1 aromatic carbocycles. The zero-order valence-corrected chi connectivity index (χ0v) is 12.7. The Hall–Kier alpha value is -2.31. The van der Waals surface area contributed by atoms with E-state index in [9.17, 15) is 9.90 Å². The predicted molar refractivity (Wildman–Crippen MR) is 84.2 cm³/mol. The standard InChI is InChI=1S/C16H20N2O4/c1-21-12-4-6-15(22-2)13(9-12)14-5-3-11(10-17)16(20)18(14)7-8-19/h3-6,9,19H,7-8,10,17H2,1-2H3. The third-order valence-corrected chi connectivity index (χ3v) is 3.48. The molecule has 0 bridgehead atoms. The van der Waals surface area contributed by atoms with E-state index in [0.29, 0.717) is 22.8 Å². The van der Waals surface area contributed by atoms with E-state index >= 15 is 0 Å². The Morgan fingerprint density at radius 3 is 2.55 bits per heavy atom. The molecule has 0 fully saturated rings. The maximum atomic E-state index is 12.4. The van der Waals surface area contributed by atoms with Gasteiger partial charge in [-0.25, -0.2) is 0 Å². The Morgan fingerprint density at radius 1 is 1.18 bits per heavy atom. The fraction of sp³-hybridized carbons (Fsp3) is 0.312. The van der Waals surface area contributed by atoms with Crippen molar-refractivity contribution in [3.05, 3.63) is 46.2 Å². The molecular formula is C16H20N2O4. The van der Waals surface area contributed by atoms with Crippen LogP contribution in [-0.4, -0.2) is 30.5 Å². The van der Waals surface area contributed by atoms with Crippen LogP contribution in [0.15, 0.2) is 35.1 Å². The summed E-state index contributed by atoms with van der Waals surface area (Å²) in [6.07, 6.45) is 0. The first-order valence-corrected chi connectivity index (χ1v) is 6.92. The summed E-state index contributed by atoms with van der Waals surface area (Å²) in [4.78, 5) is 12.4. The van der Waals surface area contributed by atoms with Gasteiger partial charge in [-0.05, 0) is 24.3 Å². The van der Waals surface area contributed by atoms with Crippen molar-refractivity contribution < 1.29 is 14.6 Å². The van der Waals surface area contributed by atoms with Crippen molar-refractivity contribution in [1.82, 2.24) is 4.57 Å². The molecule has 0 unspecified atom stereocenters. The number of hydrogen-bond acceptors (Lipinski definition) is 5. The van der Waals surface area contributed by atoms with E-state index < -0.39 is 0 Å². The highest BCUT2D eigenvalue weighted by atomic mass is 16.5. The molecule has 2 rings (SSSR count). The average molecular weight is 304 g/mol. The van der Waals surface area contributed by atoms with Crippen LogP contribution in [0.4, 0.5) is 0 Å². The fourth-order valence-electron chi connectivity index (χ4n) is 2.35. The third kappa shape index (κ3) is 2.98. The molecule has 3 N–H and O–H groups in total. The van der Waals surface area contributed by atoms with E-state index in [2.05, 4.69) is 0 Å². The van der Waals surface area contributed by atoms with Gasteiger partial charge in [-0.1, -0.05) is 6.07 Å². The molecule has 2 aromatic rings. The van der Waals surface area contributed by atoms with Crippen LogP contribution in [0.3, 0.4) is 0 Å². The van der Waals surface area contributed by atoms with E-state index in [1.54, 1.807) is 44.6 Å². The van der Waals surface area contributed by atoms with Gasteiger partial charge in [0.2, 0.25) is 0 Å². The van der Waals surface area contributed by atoms with Gasteiger partial charge in [0.15, 0.2) is 0 Å². The van der Waals surface area contributed by atoms with Crippen molar-refractivity contribution in [2.75, 3.05) is 20.8 Å². The lowest BCUT2D eigenvalue weighted by atomic mass is 10.1. The van der Waals surface area contributed by atoms with Crippen LogP contribution in [0.5, 0.6) is 11.5 Å². The second kappa shape index (κ2) is 7.11. The summed E-state index contributed by atoms with van der Waals surface area (Å²) < 4.78 is 12.1. The molecule has 1 aromatic heterocycles. The van der Waals surface area contributed by atoms with Gasteiger partial charge in [-0.15, -0.1) is 0 Å². The van der Waals surface area contributed by atoms with Gasteiger partial charge < -0.3 is 24.9 Å². The van der Waals surface area contributed by atoms with Crippen LogP contribution < -0.4 is 20.8 Å². The van der Waals surface area contributed by atoms with Crippen LogP contribution in [-0.2, 0) is 13.1 Å².